The van der Waals surface area contributed by atoms with Gasteiger partial charge in [-0.3, -0.25) is 4.79 Å². The molecule has 1 aromatic heterocycles. The van der Waals surface area contributed by atoms with Gasteiger partial charge in [-0.2, -0.15) is 0 Å². The number of esters is 1. The van der Waals surface area contributed by atoms with Crippen LogP contribution in [0.4, 0.5) is 10.5 Å². The van der Waals surface area contributed by atoms with Gasteiger partial charge in [0, 0.05) is 11.3 Å². The van der Waals surface area contributed by atoms with Gasteiger partial charge in [0.25, 0.3) is 0 Å². The summed E-state index contributed by atoms with van der Waals surface area (Å²) in [5.74, 6) is 5.93. The minimum absolute atomic E-state index is 0.0757. The Morgan fingerprint density at radius 2 is 1.81 bits per heavy atom. The Morgan fingerprint density at radius 3 is 2.41 bits per heavy atom. The number of nitrogens with one attached hydrogen (secondary N) is 1. The average molecular weight is 464 g/mol. The van der Waals surface area contributed by atoms with Gasteiger partial charge in [0.2, 0.25) is 12.7 Å². The first-order chi connectivity index (χ1) is 14.9. The van der Waals surface area contributed by atoms with Crippen molar-refractivity contribution in [2.45, 2.75) is 73.3 Å². The molecule has 1 aromatic rings. The van der Waals surface area contributed by atoms with Crippen molar-refractivity contribution >= 4 is 35.1 Å². The highest BCUT2D eigenvalue weighted by molar-refractivity contribution is 7.15. The van der Waals surface area contributed by atoms with E-state index < -0.39 is 18.9 Å². The van der Waals surface area contributed by atoms with Crippen molar-refractivity contribution in [2.75, 3.05) is 12.1 Å². The number of amides is 1. The van der Waals surface area contributed by atoms with E-state index in [2.05, 4.69) is 24.1 Å². The predicted octanol–water partition coefficient (Wildman–Crippen LogP) is 5.59. The second kappa shape index (κ2) is 11.4. The number of rotatable bonds is 6. The minimum atomic E-state index is -0.921. The van der Waals surface area contributed by atoms with Gasteiger partial charge in [-0.1, -0.05) is 18.8 Å². The quantitative estimate of drug-likeness (QED) is 0.336. The summed E-state index contributed by atoms with van der Waals surface area (Å²) in [6.07, 6.45) is 2.43. The molecule has 1 N–H and O–H groups in total. The van der Waals surface area contributed by atoms with E-state index in [0.717, 1.165) is 37.0 Å². The smallest absolute Gasteiger partial charge is 0.431 e. The van der Waals surface area contributed by atoms with Crippen molar-refractivity contribution in [1.29, 1.82) is 0 Å². The van der Waals surface area contributed by atoms with Crippen LogP contribution in [0.25, 0.3) is 0 Å². The fourth-order valence-electron chi connectivity index (χ4n) is 3.13. The van der Waals surface area contributed by atoms with Crippen LogP contribution in [0.3, 0.4) is 0 Å². The molecule has 176 valence electrons. The number of ether oxygens (including phenoxy) is 3. The molecule has 0 radical (unpaired) electrons. The van der Waals surface area contributed by atoms with Crippen LogP contribution in [0.5, 0.6) is 0 Å². The third-order valence-electron chi connectivity index (χ3n) is 4.82. The molecule has 0 aliphatic heterocycles. The number of carbonyl (C=O) groups is 3. The van der Waals surface area contributed by atoms with Gasteiger partial charge in [0.1, 0.15) is 4.88 Å². The topological polar surface area (TPSA) is 90.9 Å². The molecule has 0 unspecified atom stereocenters. The molecule has 0 saturated heterocycles. The van der Waals surface area contributed by atoms with E-state index in [0.29, 0.717) is 16.5 Å². The maximum atomic E-state index is 12.8. The molecule has 7 nitrogen and oxygen atoms in total. The third-order valence-corrected chi connectivity index (χ3v) is 5.85. The fraction of sp³-hybridized carbons (Fsp3) is 0.625. The molecule has 1 heterocycles. The van der Waals surface area contributed by atoms with Crippen molar-refractivity contribution in [1.82, 2.24) is 0 Å². The standard InChI is InChI=1S/C24H33NO6S/c1-15(2)31-23(28)30-14-29-22(27)20-19(13-18(32-20)11-12-24(4,5)6)25-21(26)17-9-7-16(3)8-10-17/h13,15-17H,7-10,14H2,1-6H3,(H,25,26). The van der Waals surface area contributed by atoms with Gasteiger partial charge in [0.05, 0.1) is 16.7 Å². The van der Waals surface area contributed by atoms with Crippen LogP contribution >= 0.6 is 11.3 Å². The maximum absolute atomic E-state index is 12.8. The van der Waals surface area contributed by atoms with Gasteiger partial charge >= 0.3 is 12.1 Å². The summed E-state index contributed by atoms with van der Waals surface area (Å²) in [4.78, 5) is 37.7. The minimum Gasteiger partial charge on any atom is -0.431 e. The molecule has 1 fully saturated rings. The predicted molar refractivity (Wildman–Crippen MR) is 123 cm³/mol. The molecule has 1 aliphatic carbocycles. The van der Waals surface area contributed by atoms with Crippen molar-refractivity contribution < 1.29 is 28.6 Å². The normalized spacial score (nSPS) is 18.3. The van der Waals surface area contributed by atoms with Crippen LogP contribution in [-0.4, -0.2) is 30.9 Å². The molecule has 0 bridgehead atoms. The van der Waals surface area contributed by atoms with E-state index in [-0.39, 0.29) is 28.2 Å². The van der Waals surface area contributed by atoms with Crippen LogP contribution in [-0.2, 0) is 19.0 Å². The highest BCUT2D eigenvalue weighted by atomic mass is 32.1. The Bertz CT molecular complexity index is 879. The number of anilines is 1. The van der Waals surface area contributed by atoms with Crippen molar-refractivity contribution in [3.05, 3.63) is 15.8 Å². The van der Waals surface area contributed by atoms with Gasteiger partial charge in [-0.05, 0) is 72.3 Å². The van der Waals surface area contributed by atoms with E-state index in [9.17, 15) is 14.4 Å². The highest BCUT2D eigenvalue weighted by Gasteiger charge is 2.27. The fourth-order valence-corrected chi connectivity index (χ4v) is 3.99. The molecular formula is C24H33NO6S. The second-order valence-corrected chi connectivity index (χ2v) is 10.5. The first-order valence-electron chi connectivity index (χ1n) is 10.9. The molecule has 8 heteroatoms. The van der Waals surface area contributed by atoms with Crippen molar-refractivity contribution in [2.24, 2.45) is 17.3 Å². The van der Waals surface area contributed by atoms with E-state index in [1.54, 1.807) is 19.9 Å². The van der Waals surface area contributed by atoms with Crippen LogP contribution in [0.2, 0.25) is 0 Å². The van der Waals surface area contributed by atoms with E-state index in [1.807, 2.05) is 20.8 Å². The molecule has 1 saturated carbocycles. The zero-order valence-corrected chi connectivity index (χ0v) is 20.5. The number of thiophene rings is 1. The van der Waals surface area contributed by atoms with Gasteiger partial charge in [-0.15, -0.1) is 11.3 Å². The number of hydrogen-bond donors (Lipinski definition) is 1. The number of hydrogen-bond acceptors (Lipinski definition) is 7. The molecule has 0 spiro atoms. The summed E-state index contributed by atoms with van der Waals surface area (Å²) < 4.78 is 14.7. The maximum Gasteiger partial charge on any atom is 0.511 e. The summed E-state index contributed by atoms with van der Waals surface area (Å²) in [5, 5.41) is 2.89. The molecular weight excluding hydrogens is 430 g/mol. The van der Waals surface area contributed by atoms with E-state index in [4.69, 9.17) is 14.2 Å². The lowest BCUT2D eigenvalue weighted by Gasteiger charge is -2.25. The van der Waals surface area contributed by atoms with Crippen molar-refractivity contribution in [3.63, 3.8) is 0 Å². The summed E-state index contributed by atoms with van der Waals surface area (Å²) in [5.41, 5.74) is 0.156. The molecule has 1 amide bonds. The van der Waals surface area contributed by atoms with Crippen molar-refractivity contribution in [3.8, 4) is 11.8 Å². The largest absolute Gasteiger partial charge is 0.511 e. The molecule has 32 heavy (non-hydrogen) atoms. The van der Waals surface area contributed by atoms with Gasteiger partial charge in [0.15, 0.2) is 0 Å². The lowest BCUT2D eigenvalue weighted by atomic mass is 9.82. The third kappa shape index (κ3) is 8.54. The van der Waals surface area contributed by atoms with Crippen LogP contribution in [0.15, 0.2) is 6.07 Å². The Labute approximate surface area is 194 Å². The monoisotopic (exact) mass is 463 g/mol. The zero-order valence-electron chi connectivity index (χ0n) is 19.7. The first-order valence-corrected chi connectivity index (χ1v) is 11.7. The van der Waals surface area contributed by atoms with Crippen LogP contribution in [0.1, 0.15) is 81.8 Å². The Balaban J connectivity index is 2.13. The summed E-state index contributed by atoms with van der Waals surface area (Å²) >= 11 is 1.13. The highest BCUT2D eigenvalue weighted by Crippen LogP contribution is 2.32. The molecule has 2 rings (SSSR count). The second-order valence-electron chi connectivity index (χ2n) is 9.41. The lowest BCUT2D eigenvalue weighted by Crippen LogP contribution is -2.27. The average Bonchev–Trinajstić information content (AvgIpc) is 3.08. The lowest BCUT2D eigenvalue weighted by molar-refractivity contribution is -0.121. The summed E-state index contributed by atoms with van der Waals surface area (Å²) in [6.45, 7) is 10.9. The molecule has 0 atom stereocenters. The van der Waals surface area contributed by atoms with Gasteiger partial charge in [-0.25, -0.2) is 9.59 Å². The Morgan fingerprint density at radius 1 is 1.16 bits per heavy atom. The number of carbonyl (C=O) groups excluding carboxylic acids is 3. The Kier molecular flexibility index (Phi) is 9.14. The molecule has 0 aromatic carbocycles. The zero-order chi connectivity index (χ0) is 23.9. The SMILES string of the molecule is CC1CCC(C(=O)Nc2cc(C#CC(C)(C)C)sc2C(=O)OCOC(=O)OC(C)C)CC1. The van der Waals surface area contributed by atoms with Gasteiger partial charge < -0.3 is 19.5 Å². The summed E-state index contributed by atoms with van der Waals surface area (Å²) in [7, 11) is 0. The van der Waals surface area contributed by atoms with E-state index in [1.165, 1.54) is 0 Å². The molecule has 1 aliphatic rings. The Hall–Kier alpha value is -2.53. The van der Waals surface area contributed by atoms with Crippen LogP contribution in [0, 0.1) is 29.1 Å². The van der Waals surface area contributed by atoms with E-state index >= 15 is 0 Å². The van der Waals surface area contributed by atoms with Crippen LogP contribution < -0.4 is 5.32 Å². The first kappa shape index (κ1) is 25.7. The summed E-state index contributed by atoms with van der Waals surface area (Å²) in [6, 6.07) is 1.69.